The lowest BCUT2D eigenvalue weighted by Gasteiger charge is -2.19. The molecule has 0 saturated heterocycles. The van der Waals surface area contributed by atoms with E-state index in [4.69, 9.17) is 26.1 Å². The number of hydrogen-bond acceptors (Lipinski definition) is 5. The van der Waals surface area contributed by atoms with Gasteiger partial charge in [-0.25, -0.2) is 0 Å². The van der Waals surface area contributed by atoms with Crippen LogP contribution in [0.4, 0.5) is 0 Å². The Hall–Kier alpha value is -2.38. The summed E-state index contributed by atoms with van der Waals surface area (Å²) in [4.78, 5) is 0. The highest BCUT2D eigenvalue weighted by Crippen LogP contribution is 2.25. The molecule has 1 aromatic carbocycles. The Morgan fingerprint density at radius 2 is 1.90 bits per heavy atom. The Labute approximate surface area is 176 Å². The smallest absolute Gasteiger partial charge is 0.198 e. The lowest BCUT2D eigenvalue weighted by molar-refractivity contribution is 0.141. The minimum absolute atomic E-state index is 0.125. The second-order valence-electron chi connectivity index (χ2n) is 7.88. The van der Waals surface area contributed by atoms with Crippen LogP contribution in [0, 0.1) is 4.77 Å². The van der Waals surface area contributed by atoms with E-state index >= 15 is 0 Å². The molecule has 2 aromatic heterocycles. The molecular formula is C22H29N3O3S. The van der Waals surface area contributed by atoms with Gasteiger partial charge in [-0.05, 0) is 60.8 Å². The molecule has 0 amide bonds. The third-order valence-corrected chi connectivity index (χ3v) is 4.93. The number of rotatable bonds is 9. The first-order valence-electron chi connectivity index (χ1n) is 9.94. The van der Waals surface area contributed by atoms with E-state index in [1.165, 1.54) is 5.56 Å². The van der Waals surface area contributed by atoms with Crippen molar-refractivity contribution in [1.29, 1.82) is 0 Å². The van der Waals surface area contributed by atoms with Crippen LogP contribution in [0.2, 0.25) is 0 Å². The zero-order valence-electron chi connectivity index (χ0n) is 17.5. The van der Waals surface area contributed by atoms with Gasteiger partial charge < -0.3 is 13.9 Å². The Morgan fingerprint density at radius 3 is 2.59 bits per heavy atom. The fourth-order valence-corrected chi connectivity index (χ4v) is 3.19. The van der Waals surface area contributed by atoms with Gasteiger partial charge in [0.2, 0.25) is 0 Å². The van der Waals surface area contributed by atoms with Gasteiger partial charge in [0.05, 0.1) is 0 Å². The summed E-state index contributed by atoms with van der Waals surface area (Å²) in [7, 11) is 0. The lowest BCUT2D eigenvalue weighted by Crippen LogP contribution is -2.10. The molecule has 6 nitrogen and oxygen atoms in total. The molecule has 0 aliphatic rings. The number of hydrogen-bond donors (Lipinski definition) is 1. The number of benzene rings is 1. The molecule has 0 aliphatic carbocycles. The predicted molar refractivity (Wildman–Crippen MR) is 116 cm³/mol. The normalized spacial score (nSPS) is 11.7. The number of furan rings is 1. The second kappa shape index (κ2) is 9.41. The van der Waals surface area contributed by atoms with Crippen LogP contribution in [-0.2, 0) is 23.3 Å². The SMILES string of the molecule is CCOCCCn1c(-c2ccc(COc3ccc(C(C)(C)C)cc3)o2)n[nH]c1=S. The van der Waals surface area contributed by atoms with E-state index in [9.17, 15) is 0 Å². The van der Waals surface area contributed by atoms with Gasteiger partial charge in [0.1, 0.15) is 18.1 Å². The fraction of sp³-hybridized carbons (Fsp3) is 0.455. The van der Waals surface area contributed by atoms with E-state index in [1.807, 2.05) is 35.8 Å². The summed E-state index contributed by atoms with van der Waals surface area (Å²) in [5.74, 6) is 2.90. The molecule has 0 spiro atoms. The average Bonchev–Trinajstić information content (AvgIpc) is 3.30. The van der Waals surface area contributed by atoms with E-state index in [0.29, 0.717) is 36.2 Å². The van der Waals surface area contributed by atoms with Gasteiger partial charge in [0.15, 0.2) is 16.4 Å². The number of nitrogens with zero attached hydrogens (tertiary/aromatic N) is 2. The fourth-order valence-electron chi connectivity index (χ4n) is 2.96. The van der Waals surface area contributed by atoms with E-state index in [2.05, 4.69) is 43.1 Å². The van der Waals surface area contributed by atoms with Gasteiger partial charge in [0, 0.05) is 19.8 Å². The number of aromatic nitrogens is 3. The summed E-state index contributed by atoms with van der Waals surface area (Å²) >= 11 is 5.35. The van der Waals surface area contributed by atoms with Gasteiger partial charge in [-0.2, -0.15) is 5.10 Å². The first kappa shape index (κ1) is 21.3. The number of ether oxygens (including phenoxy) is 2. The van der Waals surface area contributed by atoms with Crippen molar-refractivity contribution in [3.05, 3.63) is 52.5 Å². The Kier molecular flexibility index (Phi) is 6.92. The summed E-state index contributed by atoms with van der Waals surface area (Å²) in [5, 5.41) is 7.16. The molecule has 7 heteroatoms. The van der Waals surface area contributed by atoms with Crippen molar-refractivity contribution >= 4 is 12.2 Å². The van der Waals surface area contributed by atoms with E-state index < -0.39 is 0 Å². The highest BCUT2D eigenvalue weighted by molar-refractivity contribution is 7.71. The van der Waals surface area contributed by atoms with Crippen molar-refractivity contribution in [2.24, 2.45) is 0 Å². The van der Waals surface area contributed by atoms with Gasteiger partial charge in [-0.3, -0.25) is 9.67 Å². The Balaban J connectivity index is 1.63. The van der Waals surface area contributed by atoms with Crippen LogP contribution in [0.15, 0.2) is 40.8 Å². The number of nitrogens with one attached hydrogen (secondary N) is 1. The van der Waals surface area contributed by atoms with Crippen LogP contribution in [0.3, 0.4) is 0 Å². The van der Waals surface area contributed by atoms with Gasteiger partial charge >= 0.3 is 0 Å². The highest BCUT2D eigenvalue weighted by Gasteiger charge is 2.15. The van der Waals surface area contributed by atoms with Gasteiger partial charge in [0.25, 0.3) is 0 Å². The quantitative estimate of drug-likeness (QED) is 0.369. The van der Waals surface area contributed by atoms with Crippen molar-refractivity contribution in [2.75, 3.05) is 13.2 Å². The molecule has 0 unspecified atom stereocenters. The van der Waals surface area contributed by atoms with Crippen molar-refractivity contribution in [2.45, 2.75) is 52.7 Å². The molecule has 0 radical (unpaired) electrons. The van der Waals surface area contributed by atoms with Gasteiger partial charge in [-0.15, -0.1) is 0 Å². The van der Waals surface area contributed by atoms with Gasteiger partial charge in [-0.1, -0.05) is 32.9 Å². The predicted octanol–water partition coefficient (Wildman–Crippen LogP) is 5.50. The molecule has 0 fully saturated rings. The maximum absolute atomic E-state index is 5.95. The molecule has 3 aromatic rings. The van der Waals surface area contributed by atoms with Crippen molar-refractivity contribution in [3.63, 3.8) is 0 Å². The molecule has 0 bridgehead atoms. The molecule has 3 rings (SSSR count). The highest BCUT2D eigenvalue weighted by atomic mass is 32.1. The monoisotopic (exact) mass is 415 g/mol. The largest absolute Gasteiger partial charge is 0.486 e. The standard InChI is InChI=1S/C22H29N3O3S/c1-5-26-14-6-13-25-20(23-24-21(25)29)19-12-11-18(28-19)15-27-17-9-7-16(8-10-17)22(2,3)4/h7-12H,5-6,13-15H2,1-4H3,(H,24,29). The zero-order chi connectivity index (χ0) is 20.9. The maximum Gasteiger partial charge on any atom is 0.198 e. The van der Waals surface area contributed by atoms with Crippen molar-refractivity contribution in [1.82, 2.24) is 14.8 Å². The molecule has 1 N–H and O–H groups in total. The van der Waals surface area contributed by atoms with Crippen molar-refractivity contribution in [3.8, 4) is 17.3 Å². The average molecular weight is 416 g/mol. The Bertz CT molecular complexity index is 964. The summed E-state index contributed by atoms with van der Waals surface area (Å²) in [5.41, 5.74) is 1.40. The van der Waals surface area contributed by atoms with Crippen LogP contribution < -0.4 is 4.74 Å². The lowest BCUT2D eigenvalue weighted by atomic mass is 9.87. The van der Waals surface area contributed by atoms with Crippen LogP contribution >= 0.6 is 12.2 Å². The molecule has 0 saturated carbocycles. The minimum Gasteiger partial charge on any atom is -0.486 e. The number of H-pyrrole nitrogens is 1. The van der Waals surface area contributed by atoms with E-state index in [0.717, 1.165) is 24.5 Å². The second-order valence-corrected chi connectivity index (χ2v) is 8.27. The maximum atomic E-state index is 5.95. The topological polar surface area (TPSA) is 65.2 Å². The van der Waals surface area contributed by atoms with Crippen LogP contribution in [0.5, 0.6) is 5.75 Å². The Morgan fingerprint density at radius 1 is 1.14 bits per heavy atom. The summed E-state index contributed by atoms with van der Waals surface area (Å²) in [6.07, 6.45) is 0.857. The third kappa shape index (κ3) is 5.58. The van der Waals surface area contributed by atoms with E-state index in [1.54, 1.807) is 0 Å². The molecule has 2 heterocycles. The molecular weight excluding hydrogens is 386 g/mol. The number of aromatic amines is 1. The minimum atomic E-state index is 0.125. The molecule has 0 atom stereocenters. The molecule has 156 valence electrons. The summed E-state index contributed by atoms with van der Waals surface area (Å²) < 4.78 is 19.7. The van der Waals surface area contributed by atoms with Crippen LogP contribution in [-0.4, -0.2) is 28.0 Å². The van der Waals surface area contributed by atoms with Crippen LogP contribution in [0.1, 0.15) is 45.4 Å². The zero-order valence-corrected chi connectivity index (χ0v) is 18.3. The van der Waals surface area contributed by atoms with Crippen LogP contribution in [0.25, 0.3) is 11.6 Å². The summed E-state index contributed by atoms with van der Waals surface area (Å²) in [6.45, 7) is 11.0. The van der Waals surface area contributed by atoms with E-state index in [-0.39, 0.29) is 5.41 Å². The molecule has 0 aliphatic heterocycles. The first-order valence-corrected chi connectivity index (χ1v) is 10.3. The first-order chi connectivity index (χ1) is 13.9. The van der Waals surface area contributed by atoms with Crippen molar-refractivity contribution < 1.29 is 13.9 Å². The molecule has 29 heavy (non-hydrogen) atoms. The third-order valence-electron chi connectivity index (χ3n) is 4.62. The summed E-state index contributed by atoms with van der Waals surface area (Å²) in [6, 6.07) is 12.0.